The van der Waals surface area contributed by atoms with Crippen LogP contribution in [-0.2, 0) is 0 Å². The van der Waals surface area contributed by atoms with Gasteiger partial charge in [0.1, 0.15) is 5.82 Å². The number of rotatable bonds is 3. The Bertz CT molecular complexity index is 726. The summed E-state index contributed by atoms with van der Waals surface area (Å²) in [5.74, 6) is 1.67. The molecule has 0 spiro atoms. The molecule has 2 aliphatic rings. The van der Waals surface area contributed by atoms with Crippen LogP contribution in [0.3, 0.4) is 0 Å². The Morgan fingerprint density at radius 2 is 2.08 bits per heavy atom. The quantitative estimate of drug-likeness (QED) is 0.855. The summed E-state index contributed by atoms with van der Waals surface area (Å²) < 4.78 is 5.26. The minimum Gasteiger partial charge on any atom is -0.355 e. The van der Waals surface area contributed by atoms with Crippen LogP contribution in [0.2, 0.25) is 5.02 Å². The molecule has 0 radical (unpaired) electrons. The maximum atomic E-state index is 12.6. The van der Waals surface area contributed by atoms with Crippen molar-refractivity contribution < 1.29 is 9.32 Å². The number of hydrogen-bond donors (Lipinski definition) is 0. The van der Waals surface area contributed by atoms with E-state index in [1.165, 1.54) is 0 Å². The SMILES string of the molecule is O=C(c1cc(C2CC2)no1)N1CCCN(c2ccc(Cl)cn2)CC1. The minimum absolute atomic E-state index is 0.0692. The second kappa shape index (κ2) is 6.43. The molecule has 6 nitrogen and oxygen atoms in total. The summed E-state index contributed by atoms with van der Waals surface area (Å²) in [5.41, 5.74) is 0.917. The van der Waals surface area contributed by atoms with Gasteiger partial charge < -0.3 is 14.3 Å². The highest BCUT2D eigenvalue weighted by Crippen LogP contribution is 2.39. The Hall–Kier alpha value is -2.08. The highest BCUT2D eigenvalue weighted by atomic mass is 35.5. The Labute approximate surface area is 145 Å². The molecule has 0 bridgehead atoms. The van der Waals surface area contributed by atoms with Crippen LogP contribution in [0.1, 0.15) is 41.4 Å². The van der Waals surface area contributed by atoms with E-state index in [1.54, 1.807) is 6.20 Å². The zero-order valence-corrected chi connectivity index (χ0v) is 14.1. The third kappa shape index (κ3) is 3.24. The lowest BCUT2D eigenvalue weighted by Crippen LogP contribution is -2.35. The normalized spacial score (nSPS) is 18.5. The molecule has 0 aromatic carbocycles. The van der Waals surface area contributed by atoms with Crippen molar-refractivity contribution in [3.63, 3.8) is 0 Å². The number of carbonyl (C=O) groups excluding carboxylic acids is 1. The van der Waals surface area contributed by atoms with Gasteiger partial charge in [-0.25, -0.2) is 4.98 Å². The number of nitrogens with zero attached hydrogens (tertiary/aromatic N) is 4. The largest absolute Gasteiger partial charge is 0.355 e. The van der Waals surface area contributed by atoms with Crippen LogP contribution in [0.4, 0.5) is 5.82 Å². The number of hydrogen-bond acceptors (Lipinski definition) is 5. The van der Waals surface area contributed by atoms with Gasteiger partial charge in [-0.3, -0.25) is 4.79 Å². The molecule has 2 aromatic rings. The summed E-state index contributed by atoms with van der Waals surface area (Å²) in [6, 6.07) is 5.56. The predicted octanol–water partition coefficient (Wildman–Crippen LogP) is 2.95. The second-order valence-corrected chi connectivity index (χ2v) is 6.79. The predicted molar refractivity (Wildman–Crippen MR) is 90.5 cm³/mol. The van der Waals surface area contributed by atoms with Crippen molar-refractivity contribution in [2.45, 2.75) is 25.2 Å². The van der Waals surface area contributed by atoms with E-state index in [2.05, 4.69) is 15.0 Å². The summed E-state index contributed by atoms with van der Waals surface area (Å²) in [5, 5.41) is 4.66. The highest BCUT2D eigenvalue weighted by molar-refractivity contribution is 6.30. The fourth-order valence-corrected chi connectivity index (χ4v) is 3.13. The van der Waals surface area contributed by atoms with Crippen LogP contribution < -0.4 is 4.90 Å². The number of carbonyl (C=O) groups is 1. The van der Waals surface area contributed by atoms with E-state index in [9.17, 15) is 4.79 Å². The first-order chi connectivity index (χ1) is 11.7. The smallest absolute Gasteiger partial charge is 0.292 e. The van der Waals surface area contributed by atoms with Crippen LogP contribution >= 0.6 is 11.6 Å². The molecule has 0 unspecified atom stereocenters. The monoisotopic (exact) mass is 346 g/mol. The van der Waals surface area contributed by atoms with Gasteiger partial charge in [0.2, 0.25) is 5.76 Å². The second-order valence-electron chi connectivity index (χ2n) is 6.36. The summed E-state index contributed by atoms with van der Waals surface area (Å²) in [7, 11) is 0. The van der Waals surface area contributed by atoms with Gasteiger partial charge in [-0.1, -0.05) is 16.8 Å². The third-order valence-electron chi connectivity index (χ3n) is 4.55. The fraction of sp³-hybridized carbons (Fsp3) is 0.471. The molecule has 0 atom stereocenters. The zero-order valence-electron chi connectivity index (χ0n) is 13.3. The topological polar surface area (TPSA) is 62.5 Å². The van der Waals surface area contributed by atoms with E-state index in [0.29, 0.717) is 29.8 Å². The molecule has 3 heterocycles. The van der Waals surface area contributed by atoms with Gasteiger partial charge in [-0.2, -0.15) is 0 Å². The Morgan fingerprint density at radius 3 is 2.83 bits per heavy atom. The van der Waals surface area contributed by atoms with E-state index in [1.807, 2.05) is 23.1 Å². The van der Waals surface area contributed by atoms with Crippen LogP contribution in [0.5, 0.6) is 0 Å². The lowest BCUT2D eigenvalue weighted by Gasteiger charge is -2.22. The van der Waals surface area contributed by atoms with Crippen LogP contribution in [0.25, 0.3) is 0 Å². The van der Waals surface area contributed by atoms with E-state index in [4.69, 9.17) is 16.1 Å². The van der Waals surface area contributed by atoms with Crippen LogP contribution in [-0.4, -0.2) is 47.1 Å². The maximum absolute atomic E-state index is 12.6. The molecule has 24 heavy (non-hydrogen) atoms. The summed E-state index contributed by atoms with van der Waals surface area (Å²) >= 11 is 5.89. The van der Waals surface area contributed by atoms with Crippen molar-refractivity contribution in [2.75, 3.05) is 31.1 Å². The van der Waals surface area contributed by atoms with Crippen molar-refractivity contribution in [1.29, 1.82) is 0 Å². The molecule has 1 saturated carbocycles. The molecular formula is C17H19ClN4O2. The van der Waals surface area contributed by atoms with Gasteiger partial charge in [0.05, 0.1) is 10.7 Å². The summed E-state index contributed by atoms with van der Waals surface area (Å²) in [6.07, 6.45) is 4.83. The number of aromatic nitrogens is 2. The van der Waals surface area contributed by atoms with Gasteiger partial charge in [0.25, 0.3) is 5.91 Å². The zero-order chi connectivity index (χ0) is 16.5. The molecule has 0 N–H and O–H groups in total. The third-order valence-corrected chi connectivity index (χ3v) is 4.78. The van der Waals surface area contributed by atoms with Crippen molar-refractivity contribution in [3.05, 3.63) is 40.9 Å². The van der Waals surface area contributed by atoms with Crippen molar-refractivity contribution >= 4 is 23.3 Å². The maximum Gasteiger partial charge on any atom is 0.292 e. The number of halogens is 1. The molecular weight excluding hydrogens is 328 g/mol. The van der Waals surface area contributed by atoms with Gasteiger partial charge in [-0.05, 0) is 31.4 Å². The molecule has 4 rings (SSSR count). The highest BCUT2D eigenvalue weighted by Gasteiger charge is 2.30. The van der Waals surface area contributed by atoms with Crippen LogP contribution in [0.15, 0.2) is 28.9 Å². The van der Waals surface area contributed by atoms with Crippen molar-refractivity contribution in [2.24, 2.45) is 0 Å². The van der Waals surface area contributed by atoms with Gasteiger partial charge in [0.15, 0.2) is 0 Å². The molecule has 1 amide bonds. The summed E-state index contributed by atoms with van der Waals surface area (Å²) in [4.78, 5) is 21.0. The molecule has 1 aliphatic heterocycles. The first-order valence-corrected chi connectivity index (χ1v) is 8.71. The first-order valence-electron chi connectivity index (χ1n) is 8.33. The summed E-state index contributed by atoms with van der Waals surface area (Å²) in [6.45, 7) is 2.96. The number of amides is 1. The van der Waals surface area contributed by atoms with E-state index in [-0.39, 0.29) is 5.91 Å². The van der Waals surface area contributed by atoms with Gasteiger partial charge in [0, 0.05) is 44.4 Å². The first kappa shape index (κ1) is 15.4. The minimum atomic E-state index is -0.0692. The molecule has 1 aliphatic carbocycles. The fourth-order valence-electron chi connectivity index (χ4n) is 3.02. The van der Waals surface area contributed by atoms with Gasteiger partial charge >= 0.3 is 0 Å². The Balaban J connectivity index is 1.41. The Morgan fingerprint density at radius 1 is 1.21 bits per heavy atom. The molecule has 7 heteroatoms. The van der Waals surface area contributed by atoms with E-state index >= 15 is 0 Å². The van der Waals surface area contributed by atoms with Crippen LogP contribution in [0, 0.1) is 0 Å². The van der Waals surface area contributed by atoms with E-state index in [0.717, 1.165) is 43.9 Å². The van der Waals surface area contributed by atoms with Gasteiger partial charge in [-0.15, -0.1) is 0 Å². The van der Waals surface area contributed by atoms with Crippen molar-refractivity contribution in [3.8, 4) is 0 Å². The molecule has 2 fully saturated rings. The average molecular weight is 347 g/mol. The van der Waals surface area contributed by atoms with E-state index < -0.39 is 0 Å². The van der Waals surface area contributed by atoms with Crippen molar-refractivity contribution in [1.82, 2.24) is 15.0 Å². The number of anilines is 1. The average Bonchev–Trinajstić information content (AvgIpc) is 3.37. The number of pyridine rings is 1. The standard InChI is InChI=1S/C17H19ClN4O2/c18-13-4-5-16(19-11-13)21-6-1-7-22(9-8-21)17(23)15-10-14(20-24-15)12-2-3-12/h4-5,10-12H,1-3,6-9H2. The lowest BCUT2D eigenvalue weighted by atomic mass is 10.2. The molecule has 1 saturated heterocycles. The lowest BCUT2D eigenvalue weighted by molar-refractivity contribution is 0.0725. The Kier molecular flexibility index (Phi) is 4.14. The molecule has 126 valence electrons. The molecule has 2 aromatic heterocycles.